The lowest BCUT2D eigenvalue weighted by molar-refractivity contribution is -0.901. The van der Waals surface area contributed by atoms with E-state index in [1.54, 1.807) is 29.2 Å². The van der Waals surface area contributed by atoms with Gasteiger partial charge in [0.2, 0.25) is 0 Å². The summed E-state index contributed by atoms with van der Waals surface area (Å²) in [4.78, 5) is 13.8. The Bertz CT molecular complexity index is 740. The van der Waals surface area contributed by atoms with E-state index in [0.717, 1.165) is 12.1 Å². The van der Waals surface area contributed by atoms with Gasteiger partial charge in [-0.15, -0.1) is 0 Å². The third kappa shape index (κ3) is 4.21. The van der Waals surface area contributed by atoms with Crippen LogP contribution in [0.4, 0.5) is 0 Å². The first-order valence-corrected chi connectivity index (χ1v) is 8.44. The Morgan fingerprint density at radius 1 is 1.08 bits per heavy atom. The van der Waals surface area contributed by atoms with Crippen molar-refractivity contribution < 1.29 is 9.69 Å². The molecule has 1 aliphatic rings. The molecule has 0 atom stereocenters. The zero-order chi connectivity index (χ0) is 16.8. The summed E-state index contributed by atoms with van der Waals surface area (Å²) in [6.45, 7) is 4.14. The van der Waals surface area contributed by atoms with Crippen LogP contribution in [0.5, 0.6) is 0 Å². The largest absolute Gasteiger partial charge is 0.348 e. The minimum atomic E-state index is -0.155. The standard InChI is InChI=1S/C20H21N3O/c21-13-18-4-3-5-19(12-18)20(24)22-14-16-6-8-17(9-7-16)15-23-10-1-2-11-23/h3-9,12H,1-2,10-11,14-15H2,(H,22,24)/p+1. The summed E-state index contributed by atoms with van der Waals surface area (Å²) in [5, 5.41) is 11.8. The first-order chi connectivity index (χ1) is 11.7. The summed E-state index contributed by atoms with van der Waals surface area (Å²) in [5.41, 5.74) is 3.45. The van der Waals surface area contributed by atoms with E-state index in [1.807, 2.05) is 6.07 Å². The molecule has 0 aliphatic carbocycles. The van der Waals surface area contributed by atoms with Gasteiger partial charge in [0.15, 0.2) is 0 Å². The number of hydrogen-bond acceptors (Lipinski definition) is 2. The molecule has 4 nitrogen and oxygen atoms in total. The number of benzene rings is 2. The van der Waals surface area contributed by atoms with E-state index in [1.165, 1.54) is 31.5 Å². The Morgan fingerprint density at radius 3 is 2.50 bits per heavy atom. The van der Waals surface area contributed by atoms with Crippen molar-refractivity contribution in [2.75, 3.05) is 13.1 Å². The quantitative estimate of drug-likeness (QED) is 0.880. The third-order valence-corrected chi connectivity index (χ3v) is 4.49. The van der Waals surface area contributed by atoms with Crippen LogP contribution in [0, 0.1) is 11.3 Å². The molecule has 2 N–H and O–H groups in total. The highest BCUT2D eigenvalue weighted by Gasteiger charge is 2.15. The van der Waals surface area contributed by atoms with Gasteiger partial charge in [0.1, 0.15) is 6.54 Å². The summed E-state index contributed by atoms with van der Waals surface area (Å²) in [7, 11) is 0. The molecule has 1 fully saturated rings. The predicted molar refractivity (Wildman–Crippen MR) is 92.4 cm³/mol. The summed E-state index contributed by atoms with van der Waals surface area (Å²) < 4.78 is 0. The van der Waals surface area contributed by atoms with Gasteiger partial charge in [-0.05, 0) is 23.8 Å². The zero-order valence-corrected chi connectivity index (χ0v) is 13.7. The second-order valence-corrected chi connectivity index (χ2v) is 6.33. The van der Waals surface area contributed by atoms with Crippen LogP contribution in [-0.2, 0) is 13.1 Å². The number of rotatable bonds is 5. The maximum absolute atomic E-state index is 12.2. The number of quaternary nitrogens is 1. The topological polar surface area (TPSA) is 57.3 Å². The highest BCUT2D eigenvalue weighted by Crippen LogP contribution is 2.07. The summed E-state index contributed by atoms with van der Waals surface area (Å²) in [5.74, 6) is -0.155. The molecule has 0 unspecified atom stereocenters. The van der Waals surface area contributed by atoms with Crippen LogP contribution in [0.3, 0.4) is 0 Å². The number of nitrogens with zero attached hydrogens (tertiary/aromatic N) is 1. The number of carbonyl (C=O) groups is 1. The van der Waals surface area contributed by atoms with Crippen LogP contribution in [0.15, 0.2) is 48.5 Å². The molecule has 3 rings (SSSR count). The molecule has 0 spiro atoms. The van der Waals surface area contributed by atoms with Crippen molar-refractivity contribution in [2.45, 2.75) is 25.9 Å². The fourth-order valence-electron chi connectivity index (χ4n) is 3.13. The van der Waals surface area contributed by atoms with Gasteiger partial charge < -0.3 is 10.2 Å². The van der Waals surface area contributed by atoms with Crippen molar-refractivity contribution in [3.63, 3.8) is 0 Å². The number of hydrogen-bond donors (Lipinski definition) is 2. The Hall–Kier alpha value is -2.64. The van der Waals surface area contributed by atoms with E-state index in [4.69, 9.17) is 5.26 Å². The van der Waals surface area contributed by atoms with E-state index < -0.39 is 0 Å². The van der Waals surface area contributed by atoms with E-state index in [9.17, 15) is 4.79 Å². The maximum Gasteiger partial charge on any atom is 0.251 e. The third-order valence-electron chi connectivity index (χ3n) is 4.49. The van der Waals surface area contributed by atoms with Crippen molar-refractivity contribution in [1.82, 2.24) is 5.32 Å². The lowest BCUT2D eigenvalue weighted by Crippen LogP contribution is -3.08. The molecule has 1 heterocycles. The van der Waals surface area contributed by atoms with Crippen LogP contribution in [-0.4, -0.2) is 19.0 Å². The minimum Gasteiger partial charge on any atom is -0.348 e. The van der Waals surface area contributed by atoms with E-state index in [-0.39, 0.29) is 5.91 Å². The normalized spacial score (nSPS) is 14.3. The molecule has 2 aromatic rings. The highest BCUT2D eigenvalue weighted by atomic mass is 16.1. The summed E-state index contributed by atoms with van der Waals surface area (Å²) in [6, 6.07) is 17.3. The first-order valence-electron chi connectivity index (χ1n) is 8.44. The number of likely N-dealkylation sites (tertiary alicyclic amines) is 1. The molecule has 0 saturated carbocycles. The van der Waals surface area contributed by atoms with Crippen LogP contribution < -0.4 is 10.2 Å². The van der Waals surface area contributed by atoms with E-state index in [0.29, 0.717) is 17.7 Å². The highest BCUT2D eigenvalue weighted by molar-refractivity contribution is 5.94. The SMILES string of the molecule is N#Cc1cccc(C(=O)NCc2ccc(C[NH+]3CCCC3)cc2)c1. The van der Waals surface area contributed by atoms with Gasteiger partial charge in [-0.25, -0.2) is 0 Å². The van der Waals surface area contributed by atoms with Crippen molar-refractivity contribution in [2.24, 2.45) is 0 Å². The number of amides is 1. The fourth-order valence-corrected chi connectivity index (χ4v) is 3.13. The molecule has 1 amide bonds. The fraction of sp³-hybridized carbons (Fsp3) is 0.300. The first kappa shape index (κ1) is 16.2. The van der Waals surface area contributed by atoms with Gasteiger partial charge in [0, 0.05) is 30.5 Å². The van der Waals surface area contributed by atoms with Gasteiger partial charge in [-0.1, -0.05) is 30.3 Å². The number of carbonyl (C=O) groups excluding carboxylic acids is 1. The van der Waals surface area contributed by atoms with E-state index >= 15 is 0 Å². The van der Waals surface area contributed by atoms with Crippen LogP contribution in [0.2, 0.25) is 0 Å². The van der Waals surface area contributed by atoms with Gasteiger partial charge >= 0.3 is 0 Å². The zero-order valence-electron chi connectivity index (χ0n) is 13.7. The number of nitriles is 1. The van der Waals surface area contributed by atoms with Gasteiger partial charge in [-0.2, -0.15) is 5.26 Å². The Labute approximate surface area is 142 Å². The molecule has 4 heteroatoms. The van der Waals surface area contributed by atoms with Crippen molar-refractivity contribution in [1.29, 1.82) is 5.26 Å². The maximum atomic E-state index is 12.2. The van der Waals surface area contributed by atoms with Gasteiger partial charge in [0.05, 0.1) is 24.7 Å². The van der Waals surface area contributed by atoms with Gasteiger partial charge in [-0.3, -0.25) is 4.79 Å². The van der Waals surface area contributed by atoms with Crippen molar-refractivity contribution in [3.8, 4) is 6.07 Å². The molecule has 24 heavy (non-hydrogen) atoms. The summed E-state index contributed by atoms with van der Waals surface area (Å²) in [6.07, 6.45) is 2.68. The summed E-state index contributed by atoms with van der Waals surface area (Å²) >= 11 is 0. The van der Waals surface area contributed by atoms with Crippen LogP contribution in [0.25, 0.3) is 0 Å². The molecular weight excluding hydrogens is 298 g/mol. The van der Waals surface area contributed by atoms with Crippen LogP contribution >= 0.6 is 0 Å². The van der Waals surface area contributed by atoms with E-state index in [2.05, 4.69) is 29.6 Å². The van der Waals surface area contributed by atoms with Crippen LogP contribution in [0.1, 0.15) is 39.9 Å². The molecular formula is C20H22N3O+. The van der Waals surface area contributed by atoms with Crippen molar-refractivity contribution in [3.05, 3.63) is 70.8 Å². The lowest BCUT2D eigenvalue weighted by Gasteiger charge is -2.12. The smallest absolute Gasteiger partial charge is 0.251 e. The Balaban J connectivity index is 1.54. The molecule has 0 aromatic heterocycles. The van der Waals surface area contributed by atoms with Crippen molar-refractivity contribution >= 4 is 5.91 Å². The predicted octanol–water partition coefficient (Wildman–Crippen LogP) is 1.67. The lowest BCUT2D eigenvalue weighted by atomic mass is 10.1. The van der Waals surface area contributed by atoms with Gasteiger partial charge in [0.25, 0.3) is 5.91 Å². The monoisotopic (exact) mass is 320 g/mol. The molecule has 1 saturated heterocycles. The molecule has 122 valence electrons. The molecule has 2 aromatic carbocycles. The number of nitrogens with one attached hydrogen (secondary N) is 2. The minimum absolute atomic E-state index is 0.155. The molecule has 1 aliphatic heterocycles. The average Bonchev–Trinajstić information content (AvgIpc) is 3.14. The average molecular weight is 320 g/mol. The Kier molecular flexibility index (Phi) is 5.25. The molecule has 0 radical (unpaired) electrons. The second kappa shape index (κ2) is 7.76. The molecule has 0 bridgehead atoms. The second-order valence-electron chi connectivity index (χ2n) is 6.33. The Morgan fingerprint density at radius 2 is 1.79 bits per heavy atom.